The fourth-order valence-corrected chi connectivity index (χ4v) is 4.21. The second-order valence-corrected chi connectivity index (χ2v) is 7.47. The molecule has 0 aliphatic carbocycles. The van der Waals surface area contributed by atoms with E-state index >= 15 is 0 Å². The monoisotopic (exact) mass is 413 g/mol. The first-order valence-corrected chi connectivity index (χ1v) is 9.70. The van der Waals surface area contributed by atoms with E-state index in [0.29, 0.717) is 0 Å². The van der Waals surface area contributed by atoms with Crippen molar-refractivity contribution in [2.75, 3.05) is 16.6 Å². The van der Waals surface area contributed by atoms with E-state index < -0.39 is 11.9 Å². The van der Waals surface area contributed by atoms with Gasteiger partial charge in [0.1, 0.15) is 0 Å². The van der Waals surface area contributed by atoms with Gasteiger partial charge in [-0.15, -0.1) is 0 Å². The molecule has 0 saturated carbocycles. The Bertz CT molecular complexity index is 1040. The van der Waals surface area contributed by atoms with Crippen molar-refractivity contribution in [2.45, 2.75) is 6.92 Å². The van der Waals surface area contributed by atoms with Crippen molar-refractivity contribution in [3.8, 4) is 0 Å². The molecule has 0 bridgehead atoms. The summed E-state index contributed by atoms with van der Waals surface area (Å²) in [4.78, 5) is 38.5. The third-order valence-corrected chi connectivity index (χ3v) is 5.72. The van der Waals surface area contributed by atoms with Crippen LogP contribution in [0.5, 0.6) is 0 Å². The van der Waals surface area contributed by atoms with Crippen LogP contribution in [0.4, 0.5) is 5.69 Å². The van der Waals surface area contributed by atoms with Crippen molar-refractivity contribution in [1.29, 1.82) is 0 Å². The molecule has 4 rings (SSSR count). The Kier molecular flexibility index (Phi) is 6.18. The van der Waals surface area contributed by atoms with Gasteiger partial charge in [0.15, 0.2) is 5.78 Å². The van der Waals surface area contributed by atoms with Gasteiger partial charge in [0.25, 0.3) is 0 Å². The molecule has 0 spiro atoms. The summed E-state index contributed by atoms with van der Waals surface area (Å²) in [5.41, 5.74) is 4.09. The van der Waals surface area contributed by atoms with Crippen molar-refractivity contribution in [3.63, 3.8) is 0 Å². The Morgan fingerprint density at radius 2 is 1.93 bits per heavy atom. The van der Waals surface area contributed by atoms with E-state index in [4.69, 9.17) is 19.8 Å². The third-order valence-electron chi connectivity index (χ3n) is 4.49. The third kappa shape index (κ3) is 4.57. The molecule has 1 aliphatic heterocycles. The fourth-order valence-electron chi connectivity index (χ4n) is 3.05. The van der Waals surface area contributed by atoms with Crippen molar-refractivity contribution in [3.05, 3.63) is 60.0 Å². The number of Topliss-reactive ketones (excluding diaryl/α,β-unsaturated/α-hetero) is 1. The van der Waals surface area contributed by atoms with Gasteiger partial charge < -0.3 is 19.5 Å². The summed E-state index contributed by atoms with van der Waals surface area (Å²) in [6.07, 6.45) is 5.47. The van der Waals surface area contributed by atoms with E-state index in [1.165, 1.54) is 5.56 Å². The van der Waals surface area contributed by atoms with Crippen LogP contribution in [0.2, 0.25) is 0 Å². The predicted octanol–water partition coefficient (Wildman–Crippen LogP) is 2.99. The molecule has 8 nitrogen and oxygen atoms in total. The SMILES string of the molecule is Cc1cccc2c(C(=O)C3CSN(c4cccnc4)C3)c[nH]c12.O=C(O)C(=O)O. The minimum atomic E-state index is -1.82. The number of aryl methyl sites for hydroxylation is 1. The van der Waals surface area contributed by atoms with Crippen molar-refractivity contribution in [1.82, 2.24) is 9.97 Å². The highest BCUT2D eigenvalue weighted by molar-refractivity contribution is 8.00. The molecule has 3 aromatic rings. The van der Waals surface area contributed by atoms with Crippen LogP contribution in [0.1, 0.15) is 15.9 Å². The number of carboxylic acids is 2. The van der Waals surface area contributed by atoms with Crippen LogP contribution in [0, 0.1) is 12.8 Å². The van der Waals surface area contributed by atoms with E-state index in [0.717, 1.165) is 34.5 Å². The minimum Gasteiger partial charge on any atom is -0.473 e. The first-order valence-electron chi connectivity index (χ1n) is 8.76. The first kappa shape index (κ1) is 20.4. The van der Waals surface area contributed by atoms with Gasteiger partial charge in [-0.05, 0) is 36.6 Å². The fraction of sp³-hybridized carbons (Fsp3) is 0.200. The van der Waals surface area contributed by atoms with Gasteiger partial charge in [0.2, 0.25) is 0 Å². The number of fused-ring (bicyclic) bond motifs is 1. The topological polar surface area (TPSA) is 124 Å². The summed E-state index contributed by atoms with van der Waals surface area (Å²) >= 11 is 1.70. The van der Waals surface area contributed by atoms with Gasteiger partial charge in [0, 0.05) is 41.2 Å². The molecular weight excluding hydrogens is 394 g/mol. The van der Waals surface area contributed by atoms with Crippen LogP contribution >= 0.6 is 11.9 Å². The predicted molar refractivity (Wildman–Crippen MR) is 110 cm³/mol. The lowest BCUT2D eigenvalue weighted by atomic mass is 9.98. The number of hydrogen-bond donors (Lipinski definition) is 3. The zero-order valence-electron chi connectivity index (χ0n) is 15.5. The minimum absolute atomic E-state index is 0.0136. The molecule has 0 amide bonds. The number of hydrogen-bond acceptors (Lipinski definition) is 6. The number of pyridine rings is 1. The molecule has 1 fully saturated rings. The molecule has 9 heteroatoms. The molecule has 1 aromatic carbocycles. The van der Waals surface area contributed by atoms with Crippen LogP contribution < -0.4 is 4.31 Å². The Morgan fingerprint density at radius 1 is 1.17 bits per heavy atom. The van der Waals surface area contributed by atoms with Gasteiger partial charge in [-0.25, -0.2) is 9.59 Å². The first-order chi connectivity index (χ1) is 13.9. The lowest BCUT2D eigenvalue weighted by molar-refractivity contribution is -0.159. The maximum atomic E-state index is 12.9. The highest BCUT2D eigenvalue weighted by Gasteiger charge is 2.31. The van der Waals surface area contributed by atoms with Gasteiger partial charge in [-0.1, -0.05) is 18.2 Å². The zero-order valence-corrected chi connectivity index (χ0v) is 16.3. The molecule has 2 aromatic heterocycles. The average molecular weight is 413 g/mol. The van der Waals surface area contributed by atoms with Crippen LogP contribution in [0.15, 0.2) is 48.9 Å². The van der Waals surface area contributed by atoms with E-state index in [-0.39, 0.29) is 11.7 Å². The molecular formula is C20H19N3O5S. The molecule has 1 unspecified atom stereocenters. The number of H-pyrrole nitrogens is 1. The van der Waals surface area contributed by atoms with Crippen molar-refractivity contribution < 1.29 is 24.6 Å². The molecule has 1 saturated heterocycles. The Hall–Kier alpha value is -3.33. The Labute approximate surface area is 170 Å². The molecule has 150 valence electrons. The zero-order chi connectivity index (χ0) is 21.0. The van der Waals surface area contributed by atoms with Crippen LogP contribution in [0.25, 0.3) is 10.9 Å². The smallest absolute Gasteiger partial charge is 0.414 e. The highest BCUT2D eigenvalue weighted by Crippen LogP contribution is 2.33. The lowest BCUT2D eigenvalue weighted by Crippen LogP contribution is -2.22. The summed E-state index contributed by atoms with van der Waals surface area (Å²) in [5.74, 6) is -2.60. The van der Waals surface area contributed by atoms with Gasteiger partial charge >= 0.3 is 11.9 Å². The summed E-state index contributed by atoms with van der Waals surface area (Å²) in [6, 6.07) is 10.0. The number of benzene rings is 1. The van der Waals surface area contributed by atoms with Gasteiger partial charge in [0.05, 0.1) is 17.8 Å². The number of rotatable bonds is 3. The Balaban J connectivity index is 0.000000353. The number of ketones is 1. The number of carboxylic acid groups (broad SMARTS) is 2. The number of anilines is 1. The second-order valence-electron chi connectivity index (χ2n) is 6.44. The largest absolute Gasteiger partial charge is 0.473 e. The lowest BCUT2D eigenvalue weighted by Gasteiger charge is -2.15. The summed E-state index contributed by atoms with van der Waals surface area (Å²) in [5, 5.41) is 15.8. The summed E-state index contributed by atoms with van der Waals surface area (Å²) < 4.78 is 2.16. The number of aromatic amines is 1. The number of nitrogens with zero attached hydrogens (tertiary/aromatic N) is 2. The van der Waals surface area contributed by atoms with Crippen LogP contribution in [0.3, 0.4) is 0 Å². The maximum absolute atomic E-state index is 12.9. The van der Waals surface area contributed by atoms with Crippen LogP contribution in [-0.2, 0) is 9.59 Å². The average Bonchev–Trinajstić information content (AvgIpc) is 3.37. The van der Waals surface area contributed by atoms with Crippen LogP contribution in [-0.4, -0.2) is 50.2 Å². The standard InChI is InChI=1S/C18H17N3OS.C2H2O4/c1-12-4-2-6-15-16(9-20-17(12)15)18(22)13-10-21(23-11-13)14-5-3-7-19-8-14;3-1(4)2(5)6/h2-9,13,20H,10-11H2,1H3;(H,3,4)(H,5,6). The van der Waals surface area contributed by atoms with E-state index in [9.17, 15) is 4.79 Å². The molecule has 1 atom stereocenters. The van der Waals surface area contributed by atoms with E-state index in [1.807, 2.05) is 36.7 Å². The quantitative estimate of drug-likeness (QED) is 0.340. The van der Waals surface area contributed by atoms with Gasteiger partial charge in [-0.3, -0.25) is 9.78 Å². The number of aliphatic carboxylic acids is 2. The number of para-hydroxylation sites is 1. The highest BCUT2D eigenvalue weighted by atomic mass is 32.2. The molecule has 0 radical (unpaired) electrons. The van der Waals surface area contributed by atoms with E-state index in [2.05, 4.69) is 27.3 Å². The Morgan fingerprint density at radius 3 is 2.59 bits per heavy atom. The molecule has 29 heavy (non-hydrogen) atoms. The number of aromatic nitrogens is 2. The number of carbonyl (C=O) groups excluding carboxylic acids is 1. The molecule has 3 N–H and O–H groups in total. The molecule has 3 heterocycles. The maximum Gasteiger partial charge on any atom is 0.414 e. The van der Waals surface area contributed by atoms with E-state index in [1.54, 1.807) is 18.1 Å². The van der Waals surface area contributed by atoms with Gasteiger partial charge in [-0.2, -0.15) is 0 Å². The summed E-state index contributed by atoms with van der Waals surface area (Å²) in [7, 11) is 0. The van der Waals surface area contributed by atoms with Crippen molar-refractivity contribution in [2.24, 2.45) is 5.92 Å². The normalized spacial score (nSPS) is 15.6. The van der Waals surface area contributed by atoms with Crippen molar-refractivity contribution >= 4 is 46.3 Å². The number of nitrogens with one attached hydrogen (secondary N) is 1. The number of carbonyl (C=O) groups is 3. The second kappa shape index (κ2) is 8.78. The summed E-state index contributed by atoms with van der Waals surface area (Å²) in [6.45, 7) is 2.79. The molecule has 1 aliphatic rings.